The summed E-state index contributed by atoms with van der Waals surface area (Å²) in [5.41, 5.74) is 1.30. The molecule has 2 N–H and O–H groups in total. The van der Waals surface area contributed by atoms with Crippen LogP contribution in [0.2, 0.25) is 5.02 Å². The Morgan fingerprint density at radius 1 is 0.931 bits per heavy atom. The number of ether oxygens (including phenoxy) is 1. The Labute approximate surface area is 172 Å². The van der Waals surface area contributed by atoms with Gasteiger partial charge in [-0.05, 0) is 35.7 Å². The van der Waals surface area contributed by atoms with Gasteiger partial charge in [-0.25, -0.2) is 0 Å². The first-order valence-electron chi connectivity index (χ1n) is 8.72. The zero-order valence-corrected chi connectivity index (χ0v) is 16.1. The van der Waals surface area contributed by atoms with E-state index >= 15 is 0 Å². The zero-order valence-electron chi connectivity index (χ0n) is 15.3. The van der Waals surface area contributed by atoms with Gasteiger partial charge in [0.25, 0.3) is 0 Å². The molecule has 0 amide bonds. The first kappa shape index (κ1) is 18.5. The number of nitrogens with one attached hydrogen (secondary N) is 2. The monoisotopic (exact) mass is 402 g/mol. The van der Waals surface area contributed by atoms with Crippen LogP contribution in [0.15, 0.2) is 60.7 Å². The number of hydrogen-bond acceptors (Lipinski definition) is 7. The maximum atomic E-state index is 8.91. The lowest BCUT2D eigenvalue weighted by Gasteiger charge is -2.11. The number of halogens is 1. The van der Waals surface area contributed by atoms with Crippen LogP contribution in [-0.4, -0.2) is 22.0 Å². The molecule has 0 aliphatic carbocycles. The second-order valence-corrected chi connectivity index (χ2v) is 6.41. The summed E-state index contributed by atoms with van der Waals surface area (Å²) >= 11 is 6.51. The van der Waals surface area contributed by atoms with Gasteiger partial charge in [-0.2, -0.15) is 20.2 Å². The molecule has 0 aliphatic heterocycles. The highest BCUT2D eigenvalue weighted by atomic mass is 35.5. The van der Waals surface area contributed by atoms with Crippen molar-refractivity contribution in [1.82, 2.24) is 15.0 Å². The van der Waals surface area contributed by atoms with Crippen molar-refractivity contribution in [3.05, 3.63) is 71.2 Å². The summed E-state index contributed by atoms with van der Waals surface area (Å²) in [5, 5.41) is 17.2. The molecule has 8 heteroatoms. The van der Waals surface area contributed by atoms with Gasteiger partial charge in [-0.3, -0.25) is 0 Å². The molecule has 0 fully saturated rings. The first-order chi connectivity index (χ1) is 14.2. The van der Waals surface area contributed by atoms with Gasteiger partial charge >= 0.3 is 6.01 Å². The number of nitriles is 1. The maximum absolute atomic E-state index is 8.91. The lowest BCUT2D eigenvalue weighted by atomic mass is 10.1. The van der Waals surface area contributed by atoms with Crippen LogP contribution in [0.3, 0.4) is 0 Å². The Hall–Kier alpha value is -3.89. The van der Waals surface area contributed by atoms with Crippen LogP contribution in [0, 0.1) is 11.3 Å². The van der Waals surface area contributed by atoms with Crippen molar-refractivity contribution in [3.63, 3.8) is 0 Å². The smallest absolute Gasteiger partial charge is 0.328 e. The summed E-state index contributed by atoms with van der Waals surface area (Å²) < 4.78 is 5.86. The average Bonchev–Trinajstić information content (AvgIpc) is 2.76. The van der Waals surface area contributed by atoms with E-state index in [1.807, 2.05) is 30.3 Å². The maximum Gasteiger partial charge on any atom is 0.328 e. The van der Waals surface area contributed by atoms with Gasteiger partial charge in [0.15, 0.2) is 0 Å². The van der Waals surface area contributed by atoms with Crippen molar-refractivity contribution in [1.29, 1.82) is 5.26 Å². The average molecular weight is 403 g/mol. The van der Waals surface area contributed by atoms with Gasteiger partial charge in [-0.1, -0.05) is 41.9 Å². The van der Waals surface area contributed by atoms with Crippen LogP contribution < -0.4 is 15.4 Å². The third-order valence-corrected chi connectivity index (χ3v) is 4.53. The Morgan fingerprint density at radius 2 is 1.69 bits per heavy atom. The summed E-state index contributed by atoms with van der Waals surface area (Å²) in [7, 11) is 1.70. The summed E-state index contributed by atoms with van der Waals surface area (Å²) in [6.45, 7) is 0. The van der Waals surface area contributed by atoms with Gasteiger partial charge < -0.3 is 15.4 Å². The quantitative estimate of drug-likeness (QED) is 0.477. The molecule has 4 rings (SSSR count). The lowest BCUT2D eigenvalue weighted by Crippen LogP contribution is -2.05. The van der Waals surface area contributed by atoms with E-state index < -0.39 is 0 Å². The van der Waals surface area contributed by atoms with Crippen LogP contribution in [0.25, 0.3) is 10.8 Å². The largest absolute Gasteiger partial charge is 0.423 e. The fourth-order valence-corrected chi connectivity index (χ4v) is 2.99. The minimum atomic E-state index is 0.0951. The van der Waals surface area contributed by atoms with Crippen molar-refractivity contribution >= 4 is 40.0 Å². The Morgan fingerprint density at radius 3 is 2.45 bits per heavy atom. The second-order valence-electron chi connectivity index (χ2n) is 6.03. The fourth-order valence-electron chi connectivity index (χ4n) is 2.72. The minimum Gasteiger partial charge on any atom is -0.423 e. The molecule has 0 saturated heterocycles. The molecular formula is C21H15ClN6O. The first-order valence-corrected chi connectivity index (χ1v) is 9.10. The van der Waals surface area contributed by atoms with Crippen LogP contribution in [0.5, 0.6) is 11.8 Å². The van der Waals surface area contributed by atoms with Crippen LogP contribution in [0.4, 0.5) is 17.6 Å². The molecule has 29 heavy (non-hydrogen) atoms. The molecular weight excluding hydrogens is 388 g/mol. The summed E-state index contributed by atoms with van der Waals surface area (Å²) in [6.07, 6.45) is 0. The van der Waals surface area contributed by atoms with Crippen molar-refractivity contribution in [2.75, 3.05) is 17.7 Å². The Bertz CT molecular complexity index is 1220. The molecule has 1 heterocycles. The molecule has 0 atom stereocenters. The van der Waals surface area contributed by atoms with E-state index in [4.69, 9.17) is 21.6 Å². The van der Waals surface area contributed by atoms with Gasteiger partial charge in [0.1, 0.15) is 5.75 Å². The van der Waals surface area contributed by atoms with Gasteiger partial charge in [0.05, 0.1) is 16.7 Å². The summed E-state index contributed by atoms with van der Waals surface area (Å²) in [4.78, 5) is 12.8. The highest BCUT2D eigenvalue weighted by molar-refractivity contribution is 6.37. The molecule has 0 bridgehead atoms. The Balaban J connectivity index is 1.64. The highest BCUT2D eigenvalue weighted by Gasteiger charge is 2.12. The number of aromatic nitrogens is 3. The molecule has 3 aromatic carbocycles. The zero-order chi connectivity index (χ0) is 20.2. The standard InChI is InChI=1S/C21H15ClN6O/c1-24-19-26-20(25-15-9-6-13(12-23)7-10-15)28-21(27-19)29-17-11-8-14-4-2-3-5-16(14)18(17)22/h2-11H,1H3,(H2,24,25,26,27,28). The van der Waals surface area contributed by atoms with Crippen LogP contribution in [0.1, 0.15) is 5.56 Å². The van der Waals surface area contributed by atoms with Gasteiger partial charge in [0.2, 0.25) is 11.9 Å². The van der Waals surface area contributed by atoms with E-state index in [9.17, 15) is 0 Å². The number of nitrogens with zero attached hydrogens (tertiary/aromatic N) is 4. The molecule has 0 radical (unpaired) electrons. The molecule has 142 valence electrons. The summed E-state index contributed by atoms with van der Waals surface area (Å²) in [5.74, 6) is 1.08. The number of rotatable bonds is 5. The van der Waals surface area contributed by atoms with Crippen molar-refractivity contribution < 1.29 is 4.74 Å². The normalized spacial score (nSPS) is 10.4. The number of anilines is 3. The van der Waals surface area contributed by atoms with E-state index in [0.717, 1.165) is 16.5 Å². The van der Waals surface area contributed by atoms with Gasteiger partial charge in [0, 0.05) is 18.1 Å². The van der Waals surface area contributed by atoms with E-state index in [-0.39, 0.29) is 6.01 Å². The van der Waals surface area contributed by atoms with E-state index in [2.05, 4.69) is 31.7 Å². The van der Waals surface area contributed by atoms with Crippen molar-refractivity contribution in [2.45, 2.75) is 0 Å². The molecule has 0 unspecified atom stereocenters. The lowest BCUT2D eigenvalue weighted by molar-refractivity contribution is 0.442. The number of hydrogen-bond donors (Lipinski definition) is 2. The van der Waals surface area contributed by atoms with Crippen molar-refractivity contribution in [2.24, 2.45) is 0 Å². The van der Waals surface area contributed by atoms with Crippen molar-refractivity contribution in [3.8, 4) is 17.8 Å². The predicted octanol–water partition coefficient (Wildman–Crippen LogP) is 5.13. The second kappa shape index (κ2) is 8.00. The molecule has 4 aromatic rings. The third kappa shape index (κ3) is 4.03. The molecule has 0 aliphatic rings. The molecule has 0 spiro atoms. The molecule has 1 aromatic heterocycles. The van der Waals surface area contributed by atoms with Crippen LogP contribution in [-0.2, 0) is 0 Å². The third-order valence-electron chi connectivity index (χ3n) is 4.14. The fraction of sp³-hybridized carbons (Fsp3) is 0.0476. The van der Waals surface area contributed by atoms with Gasteiger partial charge in [-0.15, -0.1) is 0 Å². The van der Waals surface area contributed by atoms with E-state index in [1.165, 1.54) is 0 Å². The van der Waals surface area contributed by atoms with E-state index in [1.54, 1.807) is 37.4 Å². The summed E-state index contributed by atoms with van der Waals surface area (Å²) in [6, 6.07) is 20.6. The number of fused-ring (bicyclic) bond motifs is 1. The minimum absolute atomic E-state index is 0.0951. The SMILES string of the molecule is CNc1nc(Nc2ccc(C#N)cc2)nc(Oc2ccc3ccccc3c2Cl)n1. The Kier molecular flexibility index (Phi) is 5.10. The molecule has 7 nitrogen and oxygen atoms in total. The highest BCUT2D eigenvalue weighted by Crippen LogP contribution is 2.35. The van der Waals surface area contributed by atoms with E-state index in [0.29, 0.717) is 28.2 Å². The predicted molar refractivity (Wildman–Crippen MR) is 113 cm³/mol. The topological polar surface area (TPSA) is 95.8 Å². The van der Waals surface area contributed by atoms with Crippen LogP contribution >= 0.6 is 11.6 Å². The number of benzene rings is 3. The molecule has 0 saturated carbocycles.